The summed E-state index contributed by atoms with van der Waals surface area (Å²) in [7, 11) is 0. The summed E-state index contributed by atoms with van der Waals surface area (Å²) >= 11 is 0. The molecule has 0 radical (unpaired) electrons. The molecule has 11 rings (SSSR count). The topological polar surface area (TPSA) is 34.6 Å². The van der Waals surface area contributed by atoms with Crippen LogP contribution in [-0.4, -0.2) is 21.6 Å². The van der Waals surface area contributed by atoms with E-state index in [0.717, 1.165) is 56.1 Å². The van der Waals surface area contributed by atoms with Crippen LogP contribution in [0.1, 0.15) is 16.7 Å². The molecule has 0 spiro atoms. The van der Waals surface area contributed by atoms with Crippen molar-refractivity contribution in [2.75, 3.05) is 0 Å². The third kappa shape index (κ3) is 7.04. The van der Waals surface area contributed by atoms with Crippen molar-refractivity contribution in [1.29, 1.82) is 0 Å². The van der Waals surface area contributed by atoms with Crippen LogP contribution in [0.15, 0.2) is 241 Å². The van der Waals surface area contributed by atoms with Gasteiger partial charge in [-0.3, -0.25) is 9.98 Å². The van der Waals surface area contributed by atoms with Crippen molar-refractivity contribution in [1.82, 2.24) is 9.13 Å². The Morgan fingerprint density at radius 2 is 0.937 bits per heavy atom. The summed E-state index contributed by atoms with van der Waals surface area (Å²) in [6.07, 6.45) is 2.04. The maximum atomic E-state index is 5.02. The maximum Gasteiger partial charge on any atom is 0.0716 e. The minimum Gasteiger partial charge on any atom is -0.309 e. The Hall–Kier alpha value is -8.34. The van der Waals surface area contributed by atoms with Crippen LogP contribution in [0.2, 0.25) is 0 Å². The molecule has 298 valence electrons. The van der Waals surface area contributed by atoms with Crippen LogP contribution in [0.25, 0.3) is 82.9 Å². The fourth-order valence-corrected chi connectivity index (χ4v) is 9.03. The van der Waals surface area contributed by atoms with Crippen LogP contribution in [0.5, 0.6) is 0 Å². The lowest BCUT2D eigenvalue weighted by atomic mass is 10.00. The minimum absolute atomic E-state index is 0.577. The lowest BCUT2D eigenvalue weighted by Crippen LogP contribution is -1.99. The summed E-state index contributed by atoms with van der Waals surface area (Å²) in [4.78, 5) is 9.50. The molecule has 0 atom stereocenters. The minimum atomic E-state index is 0.577. The molecule has 0 aliphatic heterocycles. The van der Waals surface area contributed by atoms with E-state index in [2.05, 4.69) is 209 Å². The van der Waals surface area contributed by atoms with Crippen LogP contribution in [0.3, 0.4) is 0 Å². The summed E-state index contributed by atoms with van der Waals surface area (Å²) in [5, 5.41) is 4.93. The monoisotopic (exact) mass is 806 g/mol. The molecule has 0 aliphatic rings. The fourth-order valence-electron chi connectivity index (χ4n) is 9.03. The third-order valence-electron chi connectivity index (χ3n) is 12.1. The molecule has 0 saturated heterocycles. The van der Waals surface area contributed by atoms with Gasteiger partial charge in [0.2, 0.25) is 0 Å². The Morgan fingerprint density at radius 3 is 1.67 bits per heavy atom. The van der Waals surface area contributed by atoms with Crippen LogP contribution in [-0.2, 0) is 6.54 Å². The number of hydrogen-bond acceptors (Lipinski definition) is 2. The molecule has 63 heavy (non-hydrogen) atoms. The number of aliphatic imine (C=N–C) groups is 2. The van der Waals surface area contributed by atoms with Gasteiger partial charge in [-0.1, -0.05) is 170 Å². The van der Waals surface area contributed by atoms with E-state index in [1.165, 1.54) is 49.2 Å². The smallest absolute Gasteiger partial charge is 0.0716 e. The number of hydrogen-bond donors (Lipinski definition) is 0. The van der Waals surface area contributed by atoms with Crippen molar-refractivity contribution >= 4 is 61.7 Å². The van der Waals surface area contributed by atoms with E-state index in [4.69, 9.17) is 4.99 Å². The molecule has 2 aromatic heterocycles. The second kappa shape index (κ2) is 16.3. The number of rotatable bonds is 10. The van der Waals surface area contributed by atoms with Crippen LogP contribution in [0.4, 0.5) is 0 Å². The molecular weight excluding hydrogens is 765 g/mol. The predicted octanol–water partition coefficient (Wildman–Crippen LogP) is 14.9. The van der Waals surface area contributed by atoms with Crippen LogP contribution >= 0.6 is 0 Å². The van der Waals surface area contributed by atoms with Crippen molar-refractivity contribution in [3.63, 3.8) is 0 Å². The number of para-hydroxylation sites is 3. The number of benzene rings is 9. The van der Waals surface area contributed by atoms with E-state index in [9.17, 15) is 0 Å². The van der Waals surface area contributed by atoms with Crippen molar-refractivity contribution in [2.24, 2.45) is 9.98 Å². The first kappa shape index (κ1) is 37.6. The molecular formula is C59H42N4. The van der Waals surface area contributed by atoms with Gasteiger partial charge in [-0.25, -0.2) is 0 Å². The van der Waals surface area contributed by atoms with Gasteiger partial charge >= 0.3 is 0 Å². The summed E-state index contributed by atoms with van der Waals surface area (Å²) in [6.45, 7) is 4.53. The molecule has 4 nitrogen and oxygen atoms in total. The SMILES string of the molecule is C=N/C(=C\C(=NCc1ccccc1)c1ccccc1)c1ccc(-c2ccc3c(c2)c2ccccc2n3-c2cccc(-c3ccc4c5ccccc5n(-c5ccccc5)c4c3)c2)cc1. The standard InChI is InChI=1S/C59H42N4/c1-60-54(39-55(43-18-7-3-8-19-43)61-40-41-16-5-2-6-17-41)44-30-28-42(29-31-44)46-33-35-58-53(37-46)51-25-12-14-27-57(51)63(58)49-23-15-20-45(36-49)47-32-34-52-50-24-11-13-26-56(50)62(59(52)38-47)48-21-9-4-10-22-48/h2-39H,1,40H2/b54-39-,61-55?. The van der Waals surface area contributed by atoms with Gasteiger partial charge in [0.15, 0.2) is 0 Å². The average Bonchev–Trinajstić information content (AvgIpc) is 3.87. The largest absolute Gasteiger partial charge is 0.309 e. The van der Waals surface area contributed by atoms with Gasteiger partial charge in [-0.2, -0.15) is 0 Å². The van der Waals surface area contributed by atoms with Gasteiger partial charge < -0.3 is 9.13 Å². The fraction of sp³-hybridized carbons (Fsp3) is 0.0169. The highest BCUT2D eigenvalue weighted by Gasteiger charge is 2.16. The second-order valence-electron chi connectivity index (χ2n) is 15.9. The van der Waals surface area contributed by atoms with E-state index >= 15 is 0 Å². The number of nitrogens with zero attached hydrogens (tertiary/aromatic N) is 4. The number of fused-ring (bicyclic) bond motifs is 6. The predicted molar refractivity (Wildman–Crippen MR) is 267 cm³/mol. The zero-order valence-corrected chi connectivity index (χ0v) is 34.6. The molecule has 2 heterocycles. The summed E-state index contributed by atoms with van der Waals surface area (Å²) in [6, 6.07) is 79.9. The average molecular weight is 807 g/mol. The highest BCUT2D eigenvalue weighted by molar-refractivity contribution is 6.13. The van der Waals surface area contributed by atoms with Gasteiger partial charge in [0.1, 0.15) is 0 Å². The molecule has 0 bridgehead atoms. The molecule has 9 aromatic carbocycles. The first-order valence-corrected chi connectivity index (χ1v) is 21.4. The van der Waals surface area contributed by atoms with E-state index in [1.54, 1.807) is 0 Å². The highest BCUT2D eigenvalue weighted by Crippen LogP contribution is 2.38. The van der Waals surface area contributed by atoms with Crippen LogP contribution < -0.4 is 0 Å². The zero-order valence-electron chi connectivity index (χ0n) is 34.6. The van der Waals surface area contributed by atoms with Crippen LogP contribution in [0, 0.1) is 0 Å². The lowest BCUT2D eigenvalue weighted by Gasteiger charge is -2.12. The Balaban J connectivity index is 0.945. The second-order valence-corrected chi connectivity index (χ2v) is 15.9. The Bertz CT molecular complexity index is 3520. The number of aromatic nitrogens is 2. The van der Waals surface area contributed by atoms with Crippen molar-refractivity contribution in [2.45, 2.75) is 6.54 Å². The molecule has 0 fully saturated rings. The first-order valence-electron chi connectivity index (χ1n) is 21.4. The summed E-state index contributed by atoms with van der Waals surface area (Å²) < 4.78 is 4.78. The molecule has 11 aromatic rings. The van der Waals surface area contributed by atoms with E-state index in [-0.39, 0.29) is 0 Å². The molecule has 0 aliphatic carbocycles. The van der Waals surface area contributed by atoms with Crippen molar-refractivity contribution in [3.8, 4) is 33.6 Å². The highest BCUT2D eigenvalue weighted by atomic mass is 15.0. The van der Waals surface area contributed by atoms with Gasteiger partial charge in [-0.15, -0.1) is 0 Å². The van der Waals surface area contributed by atoms with Gasteiger partial charge in [0.05, 0.1) is 40.0 Å². The molecule has 0 saturated carbocycles. The lowest BCUT2D eigenvalue weighted by molar-refractivity contribution is 1.07. The van der Waals surface area contributed by atoms with Gasteiger partial charge in [0.25, 0.3) is 0 Å². The third-order valence-corrected chi connectivity index (χ3v) is 12.1. The quantitative estimate of drug-likeness (QED) is 0.123. The first-order chi connectivity index (χ1) is 31.2. The molecule has 0 unspecified atom stereocenters. The van der Waals surface area contributed by atoms with Gasteiger partial charge in [0, 0.05) is 38.5 Å². The Kier molecular flexibility index (Phi) is 9.72. The summed E-state index contributed by atoms with van der Waals surface area (Å²) in [5.74, 6) is 0. The maximum absolute atomic E-state index is 5.02. The van der Waals surface area contributed by atoms with E-state index < -0.39 is 0 Å². The normalized spacial score (nSPS) is 12.1. The van der Waals surface area contributed by atoms with Gasteiger partial charge in [-0.05, 0) is 101 Å². The van der Waals surface area contributed by atoms with Crippen molar-refractivity contribution in [3.05, 3.63) is 247 Å². The van der Waals surface area contributed by atoms with E-state index in [0.29, 0.717) is 6.54 Å². The number of allylic oxidation sites excluding steroid dienone is 1. The molecule has 0 amide bonds. The molecule has 0 N–H and O–H groups in total. The Labute approximate surface area is 366 Å². The van der Waals surface area contributed by atoms with E-state index in [1.807, 2.05) is 42.5 Å². The Morgan fingerprint density at radius 1 is 0.397 bits per heavy atom. The van der Waals surface area contributed by atoms with Crippen molar-refractivity contribution < 1.29 is 0 Å². The zero-order chi connectivity index (χ0) is 42.1. The molecule has 4 heteroatoms. The summed E-state index contributed by atoms with van der Waals surface area (Å²) in [5.41, 5.74) is 16.5.